The molecule has 4 unspecified atom stereocenters. The van der Waals surface area contributed by atoms with Crippen LogP contribution in [0.1, 0.15) is 61.6 Å². The Morgan fingerprint density at radius 2 is 1.84 bits per heavy atom. The van der Waals surface area contributed by atoms with Crippen LogP contribution < -0.4 is 0 Å². The van der Waals surface area contributed by atoms with Crippen molar-refractivity contribution in [2.24, 2.45) is 23.2 Å². The maximum Gasteiger partial charge on any atom is 0.0956 e. The average molecular weight is 412 g/mol. The molecule has 31 heavy (non-hydrogen) atoms. The lowest BCUT2D eigenvalue weighted by Gasteiger charge is -2.62. The number of fused-ring (bicyclic) bond motifs is 3. The predicted octanol–water partition coefficient (Wildman–Crippen LogP) is 5.21. The van der Waals surface area contributed by atoms with Crippen molar-refractivity contribution in [2.75, 3.05) is 0 Å². The van der Waals surface area contributed by atoms with Crippen molar-refractivity contribution >= 4 is 0 Å². The van der Waals surface area contributed by atoms with Gasteiger partial charge in [0.15, 0.2) is 0 Å². The van der Waals surface area contributed by atoms with Gasteiger partial charge in [-0.1, -0.05) is 30.3 Å². The zero-order valence-electron chi connectivity index (χ0n) is 17.8. The monoisotopic (exact) mass is 411 g/mol. The minimum absolute atomic E-state index is 0.0908. The topological polar surface area (TPSA) is 50.9 Å². The van der Waals surface area contributed by atoms with Crippen molar-refractivity contribution in [2.45, 2.75) is 56.6 Å². The molecule has 1 aromatic carbocycles. The fraction of sp³-hybridized carbons (Fsp3) is 0.481. The Labute approximate surface area is 183 Å². The first-order valence-corrected chi connectivity index (χ1v) is 11.9. The van der Waals surface area contributed by atoms with Gasteiger partial charge in [-0.3, -0.25) is 4.98 Å². The molecule has 8 rings (SSSR count). The molecule has 4 atom stereocenters. The Bertz CT molecular complexity index is 1110. The van der Waals surface area contributed by atoms with Crippen molar-refractivity contribution in [3.8, 4) is 11.3 Å². The summed E-state index contributed by atoms with van der Waals surface area (Å²) < 4.78 is 2.28. The molecule has 0 radical (unpaired) electrons. The molecule has 0 amide bonds. The zero-order valence-corrected chi connectivity index (χ0v) is 17.8. The van der Waals surface area contributed by atoms with Crippen LogP contribution in [0.25, 0.3) is 11.3 Å². The molecule has 4 fully saturated rings. The van der Waals surface area contributed by atoms with Crippen LogP contribution in [-0.2, 0) is 0 Å². The molecule has 4 bridgehead atoms. The van der Waals surface area contributed by atoms with Gasteiger partial charge < -0.3 is 9.67 Å². The van der Waals surface area contributed by atoms with E-state index in [1.54, 1.807) is 0 Å². The lowest BCUT2D eigenvalue weighted by molar-refractivity contribution is -0.134. The van der Waals surface area contributed by atoms with Gasteiger partial charge in [-0.25, -0.2) is 4.98 Å². The van der Waals surface area contributed by atoms with Gasteiger partial charge in [-0.05, 0) is 84.8 Å². The highest BCUT2D eigenvalue weighted by molar-refractivity contribution is 5.68. The van der Waals surface area contributed by atoms with Gasteiger partial charge in [0.1, 0.15) is 0 Å². The first-order chi connectivity index (χ1) is 15.2. The Morgan fingerprint density at radius 1 is 1.00 bits per heavy atom. The van der Waals surface area contributed by atoms with Crippen LogP contribution in [0.4, 0.5) is 0 Å². The van der Waals surface area contributed by atoms with Crippen LogP contribution in [0.15, 0.2) is 61.3 Å². The number of imidazole rings is 1. The molecule has 5 aliphatic rings. The molecule has 2 aromatic heterocycles. The van der Waals surface area contributed by atoms with Crippen LogP contribution in [0.5, 0.6) is 0 Å². The Hall–Kier alpha value is -2.46. The Morgan fingerprint density at radius 3 is 2.65 bits per heavy atom. The Kier molecular flexibility index (Phi) is 3.82. The number of nitrogens with zero attached hydrogens (tertiary/aromatic N) is 3. The number of hydrogen-bond acceptors (Lipinski definition) is 3. The lowest BCUT2D eigenvalue weighted by Crippen LogP contribution is -2.54. The summed E-state index contributed by atoms with van der Waals surface area (Å²) in [5, 5.41) is 11.8. The van der Waals surface area contributed by atoms with Gasteiger partial charge in [-0.15, -0.1) is 0 Å². The van der Waals surface area contributed by atoms with Crippen LogP contribution >= 0.6 is 0 Å². The van der Waals surface area contributed by atoms with E-state index in [1.807, 2.05) is 18.7 Å². The van der Waals surface area contributed by atoms with Crippen LogP contribution in [-0.4, -0.2) is 25.7 Å². The highest BCUT2D eigenvalue weighted by Gasteiger charge is 2.58. The van der Waals surface area contributed by atoms with E-state index < -0.39 is 0 Å². The number of aliphatic hydroxyl groups excluding tert-OH is 1. The van der Waals surface area contributed by atoms with E-state index in [0.717, 1.165) is 12.3 Å². The molecule has 4 saturated carbocycles. The number of hydrogen-bond donors (Lipinski definition) is 1. The summed E-state index contributed by atoms with van der Waals surface area (Å²) in [5.74, 6) is 2.83. The molecule has 4 aliphatic carbocycles. The van der Waals surface area contributed by atoms with E-state index in [2.05, 4.69) is 57.1 Å². The third-order valence-corrected chi connectivity index (χ3v) is 9.14. The summed E-state index contributed by atoms with van der Waals surface area (Å²) in [4.78, 5) is 8.83. The Balaban J connectivity index is 1.19. The van der Waals surface area contributed by atoms with Gasteiger partial charge >= 0.3 is 0 Å². The fourth-order valence-corrected chi connectivity index (χ4v) is 8.25. The second-order valence-corrected chi connectivity index (χ2v) is 10.7. The largest absolute Gasteiger partial charge is 0.392 e. The van der Waals surface area contributed by atoms with Crippen molar-refractivity contribution in [1.29, 1.82) is 0 Å². The summed E-state index contributed by atoms with van der Waals surface area (Å²) in [7, 11) is 0. The molecule has 3 heterocycles. The quantitative estimate of drug-likeness (QED) is 0.641. The van der Waals surface area contributed by atoms with E-state index in [4.69, 9.17) is 0 Å². The first kappa shape index (κ1) is 18.1. The second-order valence-electron chi connectivity index (χ2n) is 10.7. The van der Waals surface area contributed by atoms with E-state index in [0.29, 0.717) is 17.8 Å². The lowest BCUT2D eigenvalue weighted by atomic mass is 9.44. The first-order valence-electron chi connectivity index (χ1n) is 11.9. The molecular weight excluding hydrogens is 382 g/mol. The minimum atomic E-state index is -0.262. The maximum absolute atomic E-state index is 11.8. The van der Waals surface area contributed by atoms with Crippen molar-refractivity contribution < 1.29 is 5.11 Å². The van der Waals surface area contributed by atoms with E-state index in [9.17, 15) is 5.11 Å². The maximum atomic E-state index is 11.8. The highest BCUT2D eigenvalue weighted by atomic mass is 16.3. The second kappa shape index (κ2) is 6.52. The molecule has 158 valence electrons. The number of benzene rings is 1. The number of pyridine rings is 1. The number of aliphatic hydroxyl groups is 1. The number of aromatic nitrogens is 3. The van der Waals surface area contributed by atoms with Crippen molar-refractivity contribution in [3.05, 3.63) is 72.4 Å². The van der Waals surface area contributed by atoms with Crippen molar-refractivity contribution in [3.63, 3.8) is 0 Å². The van der Waals surface area contributed by atoms with Crippen LogP contribution in [0, 0.1) is 23.2 Å². The van der Waals surface area contributed by atoms with E-state index in [-0.39, 0.29) is 17.6 Å². The van der Waals surface area contributed by atoms with E-state index >= 15 is 0 Å². The SMILES string of the molecule is OC(CC1c2ccccc2-c2cncn21)C12CC3CC(C1)C(c1cccnc1)C(C3)C2. The summed E-state index contributed by atoms with van der Waals surface area (Å²) >= 11 is 0. The van der Waals surface area contributed by atoms with Gasteiger partial charge in [0, 0.05) is 18.0 Å². The normalized spacial score (nSPS) is 35.7. The minimum Gasteiger partial charge on any atom is -0.392 e. The van der Waals surface area contributed by atoms with Gasteiger partial charge in [0.25, 0.3) is 0 Å². The third kappa shape index (κ3) is 2.57. The molecule has 3 aromatic rings. The summed E-state index contributed by atoms with van der Waals surface area (Å²) in [6, 6.07) is 13.2. The average Bonchev–Trinajstić information content (AvgIpc) is 3.36. The molecule has 1 N–H and O–H groups in total. The highest BCUT2D eigenvalue weighted by Crippen LogP contribution is 2.66. The molecule has 0 saturated heterocycles. The predicted molar refractivity (Wildman–Crippen MR) is 119 cm³/mol. The molecule has 0 spiro atoms. The van der Waals surface area contributed by atoms with Crippen LogP contribution in [0.2, 0.25) is 0 Å². The molecule has 4 heteroatoms. The molecule has 1 aliphatic heterocycles. The smallest absolute Gasteiger partial charge is 0.0956 e. The summed E-state index contributed by atoms with van der Waals surface area (Å²) in [6.45, 7) is 0. The fourth-order valence-electron chi connectivity index (χ4n) is 8.25. The van der Waals surface area contributed by atoms with Gasteiger partial charge in [0.05, 0.1) is 30.4 Å². The van der Waals surface area contributed by atoms with Gasteiger partial charge in [0.2, 0.25) is 0 Å². The standard InChI is InChI=1S/C27H29N3O/c31-25(10-23-21-5-1-2-6-22(21)24-15-29-16-30(23)24)27-11-17-8-19(12-27)26(20(9-17)13-27)18-4-3-7-28-14-18/h1-7,14-17,19-20,23,25-26,31H,8-13H2. The molecular formula is C27H29N3O. The zero-order chi connectivity index (χ0) is 20.6. The third-order valence-electron chi connectivity index (χ3n) is 9.14. The van der Waals surface area contributed by atoms with E-state index in [1.165, 1.54) is 54.5 Å². The van der Waals surface area contributed by atoms with Gasteiger partial charge in [-0.2, -0.15) is 0 Å². The summed E-state index contributed by atoms with van der Waals surface area (Å²) in [5.41, 5.74) is 5.33. The van der Waals surface area contributed by atoms with Crippen molar-refractivity contribution in [1.82, 2.24) is 14.5 Å². The number of rotatable bonds is 4. The summed E-state index contributed by atoms with van der Waals surface area (Å²) in [6.07, 6.45) is 14.7. The van der Waals surface area contributed by atoms with Crippen LogP contribution in [0.3, 0.4) is 0 Å². The molecule has 4 nitrogen and oxygen atoms in total.